The fourth-order valence-corrected chi connectivity index (χ4v) is 2.91. The van der Waals surface area contributed by atoms with Gasteiger partial charge in [-0.25, -0.2) is 4.98 Å². The van der Waals surface area contributed by atoms with Crippen LogP contribution in [0.2, 0.25) is 0 Å². The lowest BCUT2D eigenvalue weighted by Gasteiger charge is -2.35. The maximum absolute atomic E-state index is 12.7. The zero-order chi connectivity index (χ0) is 15.5. The van der Waals surface area contributed by atoms with Gasteiger partial charge in [0.1, 0.15) is 0 Å². The normalized spacial score (nSPS) is 17.4. The van der Waals surface area contributed by atoms with Crippen molar-refractivity contribution in [2.24, 2.45) is 7.05 Å². The molecule has 1 amide bonds. The summed E-state index contributed by atoms with van der Waals surface area (Å²) in [6, 6.07) is 5.67. The number of carbonyl (C=O) groups is 1. The van der Waals surface area contributed by atoms with Crippen LogP contribution >= 0.6 is 0 Å². The van der Waals surface area contributed by atoms with Gasteiger partial charge >= 0.3 is 0 Å². The number of rotatable bonds is 4. The fraction of sp³-hybridized carbons (Fsp3) is 0.438. The Morgan fingerprint density at radius 2 is 2.27 bits per heavy atom. The molecule has 1 aliphatic heterocycles. The molecule has 0 bridgehead atoms. The van der Waals surface area contributed by atoms with E-state index in [1.165, 1.54) is 5.69 Å². The quantitative estimate of drug-likeness (QED) is 0.844. The molecular weight excluding hydrogens is 280 g/mol. The van der Waals surface area contributed by atoms with Gasteiger partial charge in [-0.15, -0.1) is 0 Å². The number of methoxy groups -OCH3 is 1. The number of nitrogens with zero attached hydrogens (tertiary/aromatic N) is 4. The highest BCUT2D eigenvalue weighted by Crippen LogP contribution is 2.23. The smallest absolute Gasteiger partial charge is 0.229 e. The zero-order valence-corrected chi connectivity index (χ0v) is 12.9. The number of amides is 1. The molecule has 2 aromatic heterocycles. The first kappa shape index (κ1) is 14.7. The number of fused-ring (bicyclic) bond motifs is 1. The van der Waals surface area contributed by atoms with Crippen molar-refractivity contribution in [2.75, 3.05) is 13.7 Å². The van der Waals surface area contributed by atoms with Gasteiger partial charge in [-0.05, 0) is 12.1 Å². The number of imidazole rings is 1. The van der Waals surface area contributed by atoms with Crippen LogP contribution in [0, 0.1) is 0 Å². The van der Waals surface area contributed by atoms with Crippen LogP contribution in [-0.4, -0.2) is 45.1 Å². The average Bonchev–Trinajstić information content (AvgIpc) is 2.89. The second-order valence-electron chi connectivity index (χ2n) is 5.58. The molecule has 6 heteroatoms. The van der Waals surface area contributed by atoms with E-state index in [0.717, 1.165) is 17.8 Å². The molecule has 3 rings (SSSR count). The molecule has 0 aromatic carbocycles. The van der Waals surface area contributed by atoms with Crippen molar-refractivity contribution in [1.29, 1.82) is 0 Å². The van der Waals surface area contributed by atoms with Gasteiger partial charge in [0, 0.05) is 38.2 Å². The summed E-state index contributed by atoms with van der Waals surface area (Å²) < 4.78 is 7.33. The number of pyridine rings is 1. The van der Waals surface area contributed by atoms with Crippen molar-refractivity contribution >= 4 is 5.91 Å². The monoisotopic (exact) mass is 300 g/mol. The molecule has 116 valence electrons. The minimum atomic E-state index is 0.0455. The van der Waals surface area contributed by atoms with Crippen LogP contribution in [0.25, 0.3) is 0 Å². The molecule has 0 radical (unpaired) electrons. The Balaban J connectivity index is 1.79. The van der Waals surface area contributed by atoms with Gasteiger partial charge in [0.2, 0.25) is 5.91 Å². The number of ether oxygens (including phenoxy) is 1. The largest absolute Gasteiger partial charge is 0.383 e. The van der Waals surface area contributed by atoms with Crippen LogP contribution in [0.5, 0.6) is 0 Å². The number of carbonyl (C=O) groups excluding carboxylic acids is 1. The summed E-state index contributed by atoms with van der Waals surface area (Å²) in [5, 5.41) is 0. The predicted molar refractivity (Wildman–Crippen MR) is 81.1 cm³/mol. The lowest BCUT2D eigenvalue weighted by atomic mass is 10.0. The van der Waals surface area contributed by atoms with Crippen LogP contribution in [0.4, 0.5) is 0 Å². The van der Waals surface area contributed by atoms with E-state index in [0.29, 0.717) is 19.6 Å². The Bertz CT molecular complexity index is 653. The first-order valence-electron chi connectivity index (χ1n) is 7.36. The van der Waals surface area contributed by atoms with Gasteiger partial charge < -0.3 is 14.2 Å². The molecule has 0 fully saturated rings. The average molecular weight is 300 g/mol. The van der Waals surface area contributed by atoms with E-state index in [1.54, 1.807) is 19.6 Å². The van der Waals surface area contributed by atoms with E-state index in [9.17, 15) is 4.79 Å². The molecule has 1 aliphatic rings. The highest BCUT2D eigenvalue weighted by Gasteiger charge is 2.32. The van der Waals surface area contributed by atoms with Crippen LogP contribution in [0.1, 0.15) is 17.1 Å². The van der Waals surface area contributed by atoms with Gasteiger partial charge in [-0.2, -0.15) is 0 Å². The Morgan fingerprint density at radius 1 is 1.41 bits per heavy atom. The van der Waals surface area contributed by atoms with Crippen molar-refractivity contribution in [3.63, 3.8) is 0 Å². The molecule has 0 saturated carbocycles. The lowest BCUT2D eigenvalue weighted by molar-refractivity contribution is -0.135. The number of hydrogen-bond donors (Lipinski definition) is 0. The highest BCUT2D eigenvalue weighted by molar-refractivity contribution is 5.79. The molecule has 6 nitrogen and oxygen atoms in total. The summed E-state index contributed by atoms with van der Waals surface area (Å²) in [6.07, 6.45) is 4.60. The minimum Gasteiger partial charge on any atom is -0.383 e. The van der Waals surface area contributed by atoms with Gasteiger partial charge in [0.25, 0.3) is 0 Å². The maximum atomic E-state index is 12.7. The summed E-state index contributed by atoms with van der Waals surface area (Å²) in [6.45, 7) is 1.06. The molecule has 0 unspecified atom stereocenters. The molecule has 3 heterocycles. The first-order chi connectivity index (χ1) is 10.7. The summed E-state index contributed by atoms with van der Waals surface area (Å²) >= 11 is 0. The van der Waals surface area contributed by atoms with Gasteiger partial charge in [0.05, 0.1) is 37.6 Å². The van der Waals surface area contributed by atoms with Crippen molar-refractivity contribution in [3.05, 3.63) is 47.8 Å². The second kappa shape index (κ2) is 6.27. The molecule has 0 spiro atoms. The molecule has 1 atom stereocenters. The van der Waals surface area contributed by atoms with E-state index in [4.69, 9.17) is 4.74 Å². The molecule has 0 aliphatic carbocycles. The fourth-order valence-electron chi connectivity index (χ4n) is 2.91. The van der Waals surface area contributed by atoms with Crippen LogP contribution in [0.3, 0.4) is 0 Å². The Hall–Kier alpha value is -2.21. The Morgan fingerprint density at radius 3 is 3.00 bits per heavy atom. The Kier molecular flexibility index (Phi) is 4.20. The summed E-state index contributed by atoms with van der Waals surface area (Å²) in [5.74, 6) is 0.0667. The van der Waals surface area contributed by atoms with Crippen LogP contribution < -0.4 is 0 Å². The second-order valence-corrected chi connectivity index (χ2v) is 5.58. The van der Waals surface area contributed by atoms with E-state index < -0.39 is 0 Å². The third-order valence-corrected chi connectivity index (χ3v) is 4.07. The van der Waals surface area contributed by atoms with E-state index in [1.807, 2.05) is 34.7 Å². The standard InChI is InChI=1S/C16H20N4O2/c1-19-11-18-14-9-20(13(10-22-2)8-15(14)19)16(21)7-12-5-3-4-6-17-12/h3-6,11,13H,7-10H2,1-2H3/t13-/m1/s1. The van der Waals surface area contributed by atoms with Crippen LogP contribution in [-0.2, 0) is 36.0 Å². The van der Waals surface area contributed by atoms with Crippen molar-refractivity contribution in [2.45, 2.75) is 25.4 Å². The number of hydrogen-bond acceptors (Lipinski definition) is 4. The van der Waals surface area contributed by atoms with E-state index in [-0.39, 0.29) is 11.9 Å². The van der Waals surface area contributed by atoms with Crippen molar-refractivity contribution < 1.29 is 9.53 Å². The van der Waals surface area contributed by atoms with Gasteiger partial charge in [-0.3, -0.25) is 9.78 Å². The van der Waals surface area contributed by atoms with Gasteiger partial charge in [0.15, 0.2) is 0 Å². The minimum absolute atomic E-state index is 0.0455. The molecule has 2 aromatic rings. The lowest BCUT2D eigenvalue weighted by Crippen LogP contribution is -2.47. The molecule has 22 heavy (non-hydrogen) atoms. The number of aromatic nitrogens is 3. The summed E-state index contributed by atoms with van der Waals surface area (Å²) in [5.41, 5.74) is 2.95. The molecule has 0 saturated heterocycles. The molecule has 0 N–H and O–H groups in total. The van der Waals surface area contributed by atoms with Crippen molar-refractivity contribution in [3.8, 4) is 0 Å². The van der Waals surface area contributed by atoms with Crippen LogP contribution in [0.15, 0.2) is 30.7 Å². The zero-order valence-electron chi connectivity index (χ0n) is 12.9. The first-order valence-corrected chi connectivity index (χ1v) is 7.36. The third-order valence-electron chi connectivity index (χ3n) is 4.07. The topological polar surface area (TPSA) is 60.2 Å². The van der Waals surface area contributed by atoms with Gasteiger partial charge in [-0.1, -0.05) is 6.07 Å². The highest BCUT2D eigenvalue weighted by atomic mass is 16.5. The summed E-state index contributed by atoms with van der Waals surface area (Å²) in [7, 11) is 3.65. The third kappa shape index (κ3) is 2.87. The van der Waals surface area contributed by atoms with E-state index in [2.05, 4.69) is 9.97 Å². The molecular formula is C16H20N4O2. The predicted octanol–water partition coefficient (Wildman–Crippen LogP) is 0.957. The maximum Gasteiger partial charge on any atom is 0.229 e. The van der Waals surface area contributed by atoms with E-state index >= 15 is 0 Å². The van der Waals surface area contributed by atoms with Crippen molar-refractivity contribution in [1.82, 2.24) is 19.4 Å². The SMILES string of the molecule is COC[C@H]1Cc2c(ncn2C)CN1C(=O)Cc1ccccn1. The number of aryl methyl sites for hydroxylation is 1. The summed E-state index contributed by atoms with van der Waals surface area (Å²) in [4.78, 5) is 23.2. The Labute approximate surface area is 129 Å².